The first-order valence-electron chi connectivity index (χ1n) is 6.07. The van der Waals surface area contributed by atoms with Crippen LogP contribution < -0.4 is 10.2 Å². The van der Waals surface area contributed by atoms with E-state index in [0.717, 1.165) is 24.5 Å². The van der Waals surface area contributed by atoms with Crippen LogP contribution in [0.15, 0.2) is 18.2 Å². The number of fused-ring (bicyclic) bond motifs is 3. The SMILES string of the molecule is CC[C@@H]1CNCC2Cc3ccc(Cl)cc3N21. The molecule has 1 fully saturated rings. The van der Waals surface area contributed by atoms with Crippen LogP contribution in [0, 0.1) is 0 Å². The summed E-state index contributed by atoms with van der Waals surface area (Å²) >= 11 is 6.10. The van der Waals surface area contributed by atoms with Gasteiger partial charge in [0.05, 0.1) is 0 Å². The Balaban J connectivity index is 2.01. The van der Waals surface area contributed by atoms with E-state index in [9.17, 15) is 0 Å². The Kier molecular flexibility index (Phi) is 2.56. The largest absolute Gasteiger partial charge is 0.362 e. The first-order valence-corrected chi connectivity index (χ1v) is 6.45. The molecule has 1 saturated heterocycles. The van der Waals surface area contributed by atoms with E-state index < -0.39 is 0 Å². The van der Waals surface area contributed by atoms with Gasteiger partial charge in [-0.25, -0.2) is 0 Å². The predicted octanol–water partition coefficient (Wildman–Crippen LogP) is 2.45. The Labute approximate surface area is 102 Å². The lowest BCUT2D eigenvalue weighted by Crippen LogP contribution is -2.55. The second kappa shape index (κ2) is 3.94. The number of anilines is 1. The number of nitrogens with one attached hydrogen (secondary N) is 1. The van der Waals surface area contributed by atoms with Crippen LogP contribution in [0.4, 0.5) is 5.69 Å². The molecular weight excluding hydrogens is 220 g/mol. The zero-order valence-corrected chi connectivity index (χ0v) is 10.3. The van der Waals surface area contributed by atoms with Gasteiger partial charge in [0.2, 0.25) is 0 Å². The lowest BCUT2D eigenvalue weighted by Gasteiger charge is -2.40. The summed E-state index contributed by atoms with van der Waals surface area (Å²) in [6.07, 6.45) is 2.35. The van der Waals surface area contributed by atoms with Gasteiger partial charge >= 0.3 is 0 Å². The number of halogens is 1. The van der Waals surface area contributed by atoms with Crippen molar-refractivity contribution in [1.82, 2.24) is 5.32 Å². The standard InChI is InChI=1S/C13H17ClN2/c1-2-11-7-15-8-12-5-9-3-4-10(14)6-13(9)16(11)12/h3-4,6,11-12,15H,2,5,7-8H2,1H3/t11-,12?/m1/s1. The van der Waals surface area contributed by atoms with Gasteiger partial charge in [0.25, 0.3) is 0 Å². The number of hydrogen-bond donors (Lipinski definition) is 1. The zero-order valence-electron chi connectivity index (χ0n) is 9.54. The highest BCUT2D eigenvalue weighted by atomic mass is 35.5. The number of piperazine rings is 1. The molecule has 3 rings (SSSR count). The summed E-state index contributed by atoms with van der Waals surface area (Å²) < 4.78 is 0. The van der Waals surface area contributed by atoms with Crippen LogP contribution >= 0.6 is 11.6 Å². The topological polar surface area (TPSA) is 15.3 Å². The maximum absolute atomic E-state index is 6.10. The molecule has 1 unspecified atom stereocenters. The highest BCUT2D eigenvalue weighted by Gasteiger charge is 2.35. The van der Waals surface area contributed by atoms with Gasteiger partial charge in [0.1, 0.15) is 0 Å². The number of rotatable bonds is 1. The average molecular weight is 237 g/mol. The molecule has 2 aliphatic heterocycles. The second-order valence-electron chi connectivity index (χ2n) is 4.76. The lowest BCUT2D eigenvalue weighted by atomic mass is 10.1. The molecule has 1 aromatic carbocycles. The third-order valence-corrected chi connectivity index (χ3v) is 4.03. The minimum atomic E-state index is 0.624. The minimum absolute atomic E-state index is 0.624. The summed E-state index contributed by atoms with van der Waals surface area (Å²) in [4.78, 5) is 2.58. The van der Waals surface area contributed by atoms with Gasteiger partial charge in [0.15, 0.2) is 0 Å². The summed E-state index contributed by atoms with van der Waals surface area (Å²) in [5.74, 6) is 0. The third-order valence-electron chi connectivity index (χ3n) is 3.80. The monoisotopic (exact) mass is 236 g/mol. The van der Waals surface area contributed by atoms with Gasteiger partial charge in [-0.3, -0.25) is 0 Å². The van der Waals surface area contributed by atoms with Crippen LogP contribution in [0.5, 0.6) is 0 Å². The maximum Gasteiger partial charge on any atom is 0.0459 e. The Morgan fingerprint density at radius 2 is 2.31 bits per heavy atom. The first kappa shape index (κ1) is 10.4. The number of hydrogen-bond acceptors (Lipinski definition) is 2. The van der Waals surface area contributed by atoms with E-state index in [0.29, 0.717) is 12.1 Å². The fraction of sp³-hybridized carbons (Fsp3) is 0.538. The van der Waals surface area contributed by atoms with E-state index in [-0.39, 0.29) is 0 Å². The molecule has 0 saturated carbocycles. The summed E-state index contributed by atoms with van der Waals surface area (Å²) in [5, 5.41) is 4.39. The second-order valence-corrected chi connectivity index (χ2v) is 5.20. The van der Waals surface area contributed by atoms with Crippen molar-refractivity contribution >= 4 is 17.3 Å². The molecule has 2 aliphatic rings. The Hall–Kier alpha value is -0.730. The van der Waals surface area contributed by atoms with Crippen molar-refractivity contribution in [3.8, 4) is 0 Å². The predicted molar refractivity (Wildman–Crippen MR) is 68.4 cm³/mol. The van der Waals surface area contributed by atoms with E-state index in [1.54, 1.807) is 0 Å². The molecule has 0 spiro atoms. The molecule has 16 heavy (non-hydrogen) atoms. The molecule has 2 heterocycles. The van der Waals surface area contributed by atoms with Crippen LogP contribution in [0.3, 0.4) is 0 Å². The number of benzene rings is 1. The maximum atomic E-state index is 6.10. The lowest BCUT2D eigenvalue weighted by molar-refractivity contribution is 0.405. The Morgan fingerprint density at radius 3 is 3.12 bits per heavy atom. The summed E-state index contributed by atoms with van der Waals surface area (Å²) in [6.45, 7) is 4.46. The first-order chi connectivity index (χ1) is 7.79. The highest BCUT2D eigenvalue weighted by Crippen LogP contribution is 2.37. The van der Waals surface area contributed by atoms with Crippen LogP contribution in [0.2, 0.25) is 5.02 Å². The molecular formula is C13H17ClN2. The molecule has 1 aromatic rings. The van der Waals surface area contributed by atoms with Gasteiger partial charge in [-0.2, -0.15) is 0 Å². The van der Waals surface area contributed by atoms with Crippen molar-refractivity contribution < 1.29 is 0 Å². The van der Waals surface area contributed by atoms with Crippen LogP contribution in [0.1, 0.15) is 18.9 Å². The van der Waals surface area contributed by atoms with Crippen molar-refractivity contribution in [1.29, 1.82) is 0 Å². The van der Waals surface area contributed by atoms with Crippen molar-refractivity contribution in [2.24, 2.45) is 0 Å². The van der Waals surface area contributed by atoms with Crippen molar-refractivity contribution in [3.05, 3.63) is 28.8 Å². The quantitative estimate of drug-likeness (QED) is 0.806. The van der Waals surface area contributed by atoms with Crippen molar-refractivity contribution in [3.63, 3.8) is 0 Å². The van der Waals surface area contributed by atoms with E-state index in [1.165, 1.54) is 17.7 Å². The Morgan fingerprint density at radius 1 is 1.44 bits per heavy atom. The molecule has 0 aliphatic carbocycles. The van der Waals surface area contributed by atoms with Gasteiger partial charge in [0, 0.05) is 35.9 Å². The molecule has 0 radical (unpaired) electrons. The average Bonchev–Trinajstić information content (AvgIpc) is 2.66. The van der Waals surface area contributed by atoms with Crippen LogP contribution in [-0.2, 0) is 6.42 Å². The van der Waals surface area contributed by atoms with E-state index in [1.807, 2.05) is 6.07 Å². The molecule has 2 nitrogen and oxygen atoms in total. The van der Waals surface area contributed by atoms with E-state index in [2.05, 4.69) is 29.3 Å². The van der Waals surface area contributed by atoms with E-state index >= 15 is 0 Å². The molecule has 0 aromatic heterocycles. The summed E-state index contributed by atoms with van der Waals surface area (Å²) in [6, 6.07) is 7.58. The fourth-order valence-electron chi connectivity index (χ4n) is 3.02. The molecule has 3 heteroatoms. The highest BCUT2D eigenvalue weighted by molar-refractivity contribution is 6.30. The normalized spacial score (nSPS) is 27.8. The van der Waals surface area contributed by atoms with E-state index in [4.69, 9.17) is 11.6 Å². The fourth-order valence-corrected chi connectivity index (χ4v) is 3.19. The van der Waals surface area contributed by atoms with Crippen LogP contribution in [-0.4, -0.2) is 25.2 Å². The molecule has 0 bridgehead atoms. The smallest absolute Gasteiger partial charge is 0.0459 e. The summed E-state index contributed by atoms with van der Waals surface area (Å²) in [7, 11) is 0. The van der Waals surface area contributed by atoms with Gasteiger partial charge in [-0.15, -0.1) is 0 Å². The molecule has 86 valence electrons. The zero-order chi connectivity index (χ0) is 11.1. The minimum Gasteiger partial charge on any atom is -0.362 e. The Bertz CT molecular complexity index is 399. The third kappa shape index (κ3) is 1.52. The molecule has 0 amide bonds. The van der Waals surface area contributed by atoms with Crippen molar-refractivity contribution in [2.45, 2.75) is 31.8 Å². The van der Waals surface area contributed by atoms with Gasteiger partial charge in [-0.1, -0.05) is 24.6 Å². The van der Waals surface area contributed by atoms with Crippen LogP contribution in [0.25, 0.3) is 0 Å². The molecule has 1 N–H and O–H groups in total. The summed E-state index contributed by atoms with van der Waals surface area (Å²) in [5.41, 5.74) is 2.82. The number of nitrogens with zero attached hydrogens (tertiary/aromatic N) is 1. The van der Waals surface area contributed by atoms with Gasteiger partial charge in [-0.05, 0) is 30.5 Å². The van der Waals surface area contributed by atoms with Crippen molar-refractivity contribution in [2.75, 3.05) is 18.0 Å². The molecule has 2 atom stereocenters. The van der Waals surface area contributed by atoms with Gasteiger partial charge < -0.3 is 10.2 Å².